The van der Waals surface area contributed by atoms with Crippen LogP contribution in [0.25, 0.3) is 22.1 Å². The van der Waals surface area contributed by atoms with Gasteiger partial charge in [-0.2, -0.15) is 0 Å². The number of carboxylic acids is 1. The van der Waals surface area contributed by atoms with Gasteiger partial charge in [-0.05, 0) is 41.5 Å². The van der Waals surface area contributed by atoms with Crippen LogP contribution in [0.5, 0.6) is 5.75 Å². The molecule has 0 aliphatic rings. The van der Waals surface area contributed by atoms with Crippen molar-refractivity contribution in [3.8, 4) is 16.9 Å². The third-order valence-electron chi connectivity index (χ3n) is 3.69. The standard InChI is InChI=1S/C18H16O4/c1-3-13-10-15-14(7-8-16(21-2)17(15)22-13)11-5-4-6-12(9-11)18(19)20/h4-10H,3H2,1-2H3,(H,19,20). The fraction of sp³-hybridized carbons (Fsp3) is 0.167. The predicted molar refractivity (Wildman–Crippen MR) is 84.5 cm³/mol. The van der Waals surface area contributed by atoms with Crippen molar-refractivity contribution in [3.63, 3.8) is 0 Å². The highest BCUT2D eigenvalue weighted by Gasteiger charge is 2.14. The van der Waals surface area contributed by atoms with Crippen LogP contribution in [0.1, 0.15) is 23.0 Å². The molecule has 0 fully saturated rings. The van der Waals surface area contributed by atoms with E-state index in [0.29, 0.717) is 11.3 Å². The molecule has 0 aliphatic heterocycles. The van der Waals surface area contributed by atoms with Gasteiger partial charge in [-0.3, -0.25) is 0 Å². The zero-order chi connectivity index (χ0) is 15.7. The Morgan fingerprint density at radius 3 is 2.73 bits per heavy atom. The monoisotopic (exact) mass is 296 g/mol. The number of rotatable bonds is 4. The Kier molecular flexibility index (Phi) is 3.59. The number of furan rings is 1. The SMILES string of the molecule is CCc1cc2c(-c3cccc(C(=O)O)c3)ccc(OC)c2o1. The Hall–Kier alpha value is -2.75. The molecule has 0 unspecified atom stereocenters. The van der Waals surface area contributed by atoms with Crippen LogP contribution in [0, 0.1) is 0 Å². The van der Waals surface area contributed by atoms with Gasteiger partial charge in [0.25, 0.3) is 0 Å². The van der Waals surface area contributed by atoms with Crippen molar-refractivity contribution in [2.24, 2.45) is 0 Å². The van der Waals surface area contributed by atoms with Crippen LogP contribution >= 0.6 is 0 Å². The lowest BCUT2D eigenvalue weighted by Crippen LogP contribution is -1.95. The fourth-order valence-corrected chi connectivity index (χ4v) is 2.56. The lowest BCUT2D eigenvalue weighted by Gasteiger charge is -2.07. The maximum absolute atomic E-state index is 11.2. The minimum atomic E-state index is -0.937. The predicted octanol–water partition coefficient (Wildman–Crippen LogP) is 4.37. The Morgan fingerprint density at radius 1 is 1.23 bits per heavy atom. The van der Waals surface area contributed by atoms with Crippen molar-refractivity contribution in [1.29, 1.82) is 0 Å². The maximum atomic E-state index is 11.2. The van der Waals surface area contributed by atoms with E-state index in [1.807, 2.05) is 31.2 Å². The first kappa shape index (κ1) is 14.2. The summed E-state index contributed by atoms with van der Waals surface area (Å²) in [6.07, 6.45) is 0.784. The molecular formula is C18H16O4. The summed E-state index contributed by atoms with van der Waals surface area (Å²) in [5.41, 5.74) is 2.73. The summed E-state index contributed by atoms with van der Waals surface area (Å²) in [7, 11) is 1.60. The highest BCUT2D eigenvalue weighted by atomic mass is 16.5. The number of methoxy groups -OCH3 is 1. The Bertz CT molecular complexity index is 845. The third-order valence-corrected chi connectivity index (χ3v) is 3.69. The zero-order valence-corrected chi connectivity index (χ0v) is 12.4. The molecule has 0 amide bonds. The Balaban J connectivity index is 2.25. The van der Waals surface area contributed by atoms with E-state index < -0.39 is 5.97 Å². The molecule has 3 aromatic rings. The van der Waals surface area contributed by atoms with Gasteiger partial charge in [0.15, 0.2) is 11.3 Å². The normalized spacial score (nSPS) is 10.8. The molecule has 0 atom stereocenters. The smallest absolute Gasteiger partial charge is 0.335 e. The van der Waals surface area contributed by atoms with Gasteiger partial charge in [0.05, 0.1) is 12.7 Å². The van der Waals surface area contributed by atoms with E-state index in [4.69, 9.17) is 14.3 Å². The second-order valence-corrected chi connectivity index (χ2v) is 5.01. The number of carboxylic acid groups (broad SMARTS) is 1. The first-order valence-electron chi connectivity index (χ1n) is 7.07. The quantitative estimate of drug-likeness (QED) is 0.776. The number of benzene rings is 2. The summed E-state index contributed by atoms with van der Waals surface area (Å²) in [6, 6.07) is 12.6. The van der Waals surface area contributed by atoms with E-state index in [-0.39, 0.29) is 5.56 Å². The van der Waals surface area contributed by atoms with E-state index in [1.54, 1.807) is 25.3 Å². The number of hydrogen-bond donors (Lipinski definition) is 1. The van der Waals surface area contributed by atoms with Crippen LogP contribution in [0.4, 0.5) is 0 Å². The van der Waals surface area contributed by atoms with Gasteiger partial charge >= 0.3 is 5.97 Å². The third kappa shape index (κ3) is 2.33. The topological polar surface area (TPSA) is 59.7 Å². The number of aryl methyl sites for hydroxylation is 1. The van der Waals surface area contributed by atoms with Gasteiger partial charge in [0, 0.05) is 11.8 Å². The van der Waals surface area contributed by atoms with Crippen LogP contribution in [0.15, 0.2) is 46.9 Å². The van der Waals surface area contributed by atoms with Gasteiger partial charge in [-0.25, -0.2) is 4.79 Å². The van der Waals surface area contributed by atoms with Gasteiger partial charge in [-0.1, -0.05) is 19.1 Å². The summed E-state index contributed by atoms with van der Waals surface area (Å²) in [5.74, 6) is 0.607. The van der Waals surface area contributed by atoms with Crippen LogP contribution in [0.2, 0.25) is 0 Å². The molecule has 0 aliphatic carbocycles. The molecule has 0 spiro atoms. The van der Waals surface area contributed by atoms with Crippen LogP contribution in [-0.2, 0) is 6.42 Å². The maximum Gasteiger partial charge on any atom is 0.335 e. The van der Waals surface area contributed by atoms with E-state index in [2.05, 4.69) is 0 Å². The van der Waals surface area contributed by atoms with Crippen molar-refractivity contribution in [1.82, 2.24) is 0 Å². The number of ether oxygens (including phenoxy) is 1. The number of hydrogen-bond acceptors (Lipinski definition) is 3. The summed E-state index contributed by atoms with van der Waals surface area (Å²) < 4.78 is 11.2. The zero-order valence-electron chi connectivity index (χ0n) is 12.4. The summed E-state index contributed by atoms with van der Waals surface area (Å²) >= 11 is 0. The lowest BCUT2D eigenvalue weighted by molar-refractivity contribution is 0.0697. The number of aromatic carboxylic acids is 1. The largest absolute Gasteiger partial charge is 0.493 e. The molecule has 3 rings (SSSR count). The highest BCUT2D eigenvalue weighted by Crippen LogP contribution is 2.37. The van der Waals surface area contributed by atoms with E-state index in [0.717, 1.165) is 28.7 Å². The Labute approximate surface area is 127 Å². The minimum Gasteiger partial charge on any atom is -0.493 e. The molecule has 1 heterocycles. The fourth-order valence-electron chi connectivity index (χ4n) is 2.56. The highest BCUT2D eigenvalue weighted by molar-refractivity contribution is 5.99. The van der Waals surface area contributed by atoms with Crippen molar-refractivity contribution in [3.05, 3.63) is 53.8 Å². The van der Waals surface area contributed by atoms with Gasteiger partial charge in [-0.15, -0.1) is 0 Å². The number of fused-ring (bicyclic) bond motifs is 1. The average molecular weight is 296 g/mol. The second-order valence-electron chi connectivity index (χ2n) is 5.01. The average Bonchev–Trinajstić information content (AvgIpc) is 2.98. The van der Waals surface area contributed by atoms with E-state index in [1.165, 1.54) is 0 Å². The van der Waals surface area contributed by atoms with Gasteiger partial charge < -0.3 is 14.3 Å². The Morgan fingerprint density at radius 2 is 2.05 bits per heavy atom. The molecule has 4 heteroatoms. The second kappa shape index (κ2) is 5.56. The molecule has 1 N–H and O–H groups in total. The number of carbonyl (C=O) groups is 1. The molecule has 4 nitrogen and oxygen atoms in total. The van der Waals surface area contributed by atoms with Gasteiger partial charge in [0.1, 0.15) is 5.76 Å². The summed E-state index contributed by atoms with van der Waals surface area (Å²) in [4.78, 5) is 11.2. The molecule has 0 saturated heterocycles. The molecule has 1 aromatic heterocycles. The first-order valence-corrected chi connectivity index (χ1v) is 7.07. The summed E-state index contributed by atoms with van der Waals surface area (Å²) in [6.45, 7) is 2.02. The van der Waals surface area contributed by atoms with Crippen molar-refractivity contribution < 1.29 is 19.1 Å². The van der Waals surface area contributed by atoms with Crippen LogP contribution in [0.3, 0.4) is 0 Å². The molecule has 112 valence electrons. The van der Waals surface area contributed by atoms with Crippen LogP contribution in [-0.4, -0.2) is 18.2 Å². The van der Waals surface area contributed by atoms with Crippen molar-refractivity contribution in [2.75, 3.05) is 7.11 Å². The van der Waals surface area contributed by atoms with Crippen LogP contribution < -0.4 is 4.74 Å². The lowest BCUT2D eigenvalue weighted by atomic mass is 9.99. The van der Waals surface area contributed by atoms with Crippen molar-refractivity contribution >= 4 is 16.9 Å². The summed E-state index contributed by atoms with van der Waals surface area (Å²) in [5, 5.41) is 10.1. The minimum absolute atomic E-state index is 0.265. The van der Waals surface area contributed by atoms with Crippen molar-refractivity contribution in [2.45, 2.75) is 13.3 Å². The first-order chi connectivity index (χ1) is 10.6. The molecule has 0 bridgehead atoms. The molecule has 22 heavy (non-hydrogen) atoms. The van der Waals surface area contributed by atoms with E-state index >= 15 is 0 Å². The molecular weight excluding hydrogens is 280 g/mol. The molecule has 0 radical (unpaired) electrons. The molecule has 0 saturated carbocycles. The van der Waals surface area contributed by atoms with Gasteiger partial charge in [0.2, 0.25) is 0 Å². The molecule has 2 aromatic carbocycles. The van der Waals surface area contributed by atoms with E-state index in [9.17, 15) is 4.79 Å².